The van der Waals surface area contributed by atoms with E-state index in [0.29, 0.717) is 13.2 Å². The quantitative estimate of drug-likeness (QED) is 0.773. The lowest BCUT2D eigenvalue weighted by molar-refractivity contribution is 0.0656. The van der Waals surface area contributed by atoms with Gasteiger partial charge in [-0.1, -0.05) is 45.0 Å². The molecule has 0 saturated carbocycles. The van der Waals surface area contributed by atoms with Crippen LogP contribution in [-0.2, 0) is 5.41 Å². The van der Waals surface area contributed by atoms with Crippen molar-refractivity contribution < 1.29 is 14.6 Å². The zero-order chi connectivity index (χ0) is 20.9. The number of anilines is 1. The molecule has 0 aliphatic carbocycles. The lowest BCUT2D eigenvalue weighted by atomic mass is 9.86. The average Bonchev–Trinajstić information content (AvgIpc) is 2.72. The topological polar surface area (TPSA) is 45.2 Å². The number of aliphatic hydroxyl groups is 1. The number of methoxy groups -OCH3 is 1. The van der Waals surface area contributed by atoms with E-state index < -0.39 is 6.10 Å². The Balaban J connectivity index is 1.47. The van der Waals surface area contributed by atoms with Crippen LogP contribution in [0.1, 0.15) is 26.3 Å². The molecule has 0 amide bonds. The van der Waals surface area contributed by atoms with Gasteiger partial charge in [0.15, 0.2) is 0 Å². The van der Waals surface area contributed by atoms with Gasteiger partial charge in [-0.2, -0.15) is 0 Å². The lowest BCUT2D eigenvalue weighted by Gasteiger charge is -2.37. The molecule has 0 radical (unpaired) electrons. The van der Waals surface area contributed by atoms with Gasteiger partial charge in [0, 0.05) is 44.5 Å². The predicted octanol–water partition coefficient (Wildman–Crippen LogP) is 3.55. The molecule has 0 aromatic heterocycles. The van der Waals surface area contributed by atoms with Crippen molar-refractivity contribution >= 4 is 5.69 Å². The Bertz CT molecular complexity index is 780. The lowest BCUT2D eigenvalue weighted by Crippen LogP contribution is -2.49. The number of benzene rings is 2. The summed E-state index contributed by atoms with van der Waals surface area (Å²) in [4.78, 5) is 4.67. The highest BCUT2D eigenvalue weighted by Crippen LogP contribution is 2.31. The Morgan fingerprint density at radius 2 is 1.72 bits per heavy atom. The molecule has 2 aromatic rings. The molecule has 0 bridgehead atoms. The summed E-state index contributed by atoms with van der Waals surface area (Å²) in [5, 5.41) is 10.5. The van der Waals surface area contributed by atoms with Crippen molar-refractivity contribution in [2.75, 3.05) is 51.3 Å². The van der Waals surface area contributed by atoms with Crippen molar-refractivity contribution in [2.24, 2.45) is 0 Å². The Labute approximate surface area is 174 Å². The first kappa shape index (κ1) is 21.5. The number of para-hydroxylation sites is 1. The summed E-state index contributed by atoms with van der Waals surface area (Å²) in [6.07, 6.45) is -0.508. The van der Waals surface area contributed by atoms with Gasteiger partial charge in [0.2, 0.25) is 0 Å². The number of hydrogen-bond donors (Lipinski definition) is 1. The van der Waals surface area contributed by atoms with Gasteiger partial charge < -0.3 is 19.5 Å². The molecule has 0 spiro atoms. The third-order valence-corrected chi connectivity index (χ3v) is 5.39. The second-order valence-corrected chi connectivity index (χ2v) is 8.70. The molecular formula is C24H34N2O3. The molecule has 1 aliphatic rings. The smallest absolute Gasteiger partial charge is 0.123 e. The van der Waals surface area contributed by atoms with Crippen molar-refractivity contribution in [3.8, 4) is 11.5 Å². The standard InChI is InChI=1S/C24H34N2O3/c1-24(2,3)22-10-5-6-11-23(22)29-18-20(27)17-25-12-14-26(15-13-25)19-8-7-9-21(16-19)28-4/h5-11,16,20,27H,12-15,17-18H2,1-4H3. The molecule has 1 fully saturated rings. The van der Waals surface area contributed by atoms with Gasteiger partial charge in [-0.25, -0.2) is 0 Å². The third-order valence-electron chi connectivity index (χ3n) is 5.39. The zero-order valence-corrected chi connectivity index (χ0v) is 18.1. The van der Waals surface area contributed by atoms with Crippen LogP contribution in [0.15, 0.2) is 48.5 Å². The van der Waals surface area contributed by atoms with Crippen LogP contribution in [0.3, 0.4) is 0 Å². The summed E-state index contributed by atoms with van der Waals surface area (Å²) in [7, 11) is 1.69. The van der Waals surface area contributed by atoms with Crippen LogP contribution in [0.4, 0.5) is 5.69 Å². The van der Waals surface area contributed by atoms with E-state index in [1.807, 2.05) is 30.3 Å². The maximum atomic E-state index is 10.5. The molecule has 3 rings (SSSR count). The Hall–Kier alpha value is -2.24. The zero-order valence-electron chi connectivity index (χ0n) is 18.1. The first-order chi connectivity index (χ1) is 13.9. The summed E-state index contributed by atoms with van der Waals surface area (Å²) in [5.41, 5.74) is 2.36. The summed E-state index contributed by atoms with van der Waals surface area (Å²) in [5.74, 6) is 1.75. The van der Waals surface area contributed by atoms with Crippen LogP contribution in [0.2, 0.25) is 0 Å². The minimum absolute atomic E-state index is 0.0119. The molecule has 1 N–H and O–H groups in total. The highest BCUT2D eigenvalue weighted by atomic mass is 16.5. The minimum Gasteiger partial charge on any atom is -0.497 e. The van der Waals surface area contributed by atoms with E-state index in [-0.39, 0.29) is 5.41 Å². The van der Waals surface area contributed by atoms with Crippen molar-refractivity contribution in [1.82, 2.24) is 4.90 Å². The van der Waals surface area contributed by atoms with Gasteiger partial charge in [-0.3, -0.25) is 4.90 Å². The van der Waals surface area contributed by atoms with Crippen LogP contribution < -0.4 is 14.4 Å². The molecule has 5 nitrogen and oxygen atoms in total. The molecular weight excluding hydrogens is 364 g/mol. The fraction of sp³-hybridized carbons (Fsp3) is 0.500. The monoisotopic (exact) mass is 398 g/mol. The van der Waals surface area contributed by atoms with Gasteiger partial charge in [-0.15, -0.1) is 0 Å². The van der Waals surface area contributed by atoms with Crippen molar-refractivity contribution in [3.05, 3.63) is 54.1 Å². The number of nitrogens with zero attached hydrogens (tertiary/aromatic N) is 2. The minimum atomic E-state index is -0.508. The predicted molar refractivity (Wildman–Crippen MR) is 118 cm³/mol. The van der Waals surface area contributed by atoms with Crippen molar-refractivity contribution in [3.63, 3.8) is 0 Å². The van der Waals surface area contributed by atoms with E-state index >= 15 is 0 Å². The molecule has 158 valence electrons. The van der Waals surface area contributed by atoms with Gasteiger partial charge in [0.25, 0.3) is 0 Å². The van der Waals surface area contributed by atoms with Crippen LogP contribution >= 0.6 is 0 Å². The molecule has 1 unspecified atom stereocenters. The van der Waals surface area contributed by atoms with E-state index in [9.17, 15) is 5.11 Å². The number of hydrogen-bond acceptors (Lipinski definition) is 5. The highest BCUT2D eigenvalue weighted by molar-refractivity contribution is 5.51. The number of rotatable bonds is 7. The van der Waals surface area contributed by atoms with Gasteiger partial charge in [0.1, 0.15) is 24.2 Å². The Kier molecular flexibility index (Phi) is 7.04. The number of ether oxygens (including phenoxy) is 2. The Morgan fingerprint density at radius 3 is 2.41 bits per heavy atom. The number of piperazine rings is 1. The molecule has 1 heterocycles. The van der Waals surface area contributed by atoms with E-state index in [1.165, 1.54) is 11.3 Å². The second kappa shape index (κ2) is 9.51. The third kappa shape index (κ3) is 5.87. The summed E-state index contributed by atoms with van der Waals surface area (Å²) in [6, 6.07) is 16.3. The van der Waals surface area contributed by atoms with Crippen molar-refractivity contribution in [2.45, 2.75) is 32.3 Å². The second-order valence-electron chi connectivity index (χ2n) is 8.70. The van der Waals surface area contributed by atoms with E-state index in [2.05, 4.69) is 48.8 Å². The summed E-state index contributed by atoms with van der Waals surface area (Å²) in [6.45, 7) is 11.2. The molecule has 2 aromatic carbocycles. The maximum Gasteiger partial charge on any atom is 0.123 e. The van der Waals surface area contributed by atoms with Crippen LogP contribution in [0, 0.1) is 0 Å². The van der Waals surface area contributed by atoms with Gasteiger partial charge in [-0.05, 0) is 29.2 Å². The number of β-amino-alcohol motifs (C(OH)–C–C–N with tert-alkyl or cyclic N) is 1. The molecule has 29 heavy (non-hydrogen) atoms. The largest absolute Gasteiger partial charge is 0.497 e. The van der Waals surface area contributed by atoms with E-state index in [4.69, 9.17) is 9.47 Å². The molecule has 1 aliphatic heterocycles. The van der Waals surface area contributed by atoms with Gasteiger partial charge >= 0.3 is 0 Å². The fourth-order valence-corrected chi connectivity index (χ4v) is 3.74. The number of aliphatic hydroxyl groups excluding tert-OH is 1. The summed E-state index contributed by atoms with van der Waals surface area (Å²) >= 11 is 0. The van der Waals surface area contributed by atoms with Crippen LogP contribution in [0.25, 0.3) is 0 Å². The van der Waals surface area contributed by atoms with Crippen molar-refractivity contribution in [1.29, 1.82) is 0 Å². The average molecular weight is 399 g/mol. The van der Waals surface area contributed by atoms with E-state index in [0.717, 1.165) is 37.7 Å². The highest BCUT2D eigenvalue weighted by Gasteiger charge is 2.22. The van der Waals surface area contributed by atoms with Crippen LogP contribution in [-0.4, -0.2) is 62.6 Å². The van der Waals surface area contributed by atoms with E-state index in [1.54, 1.807) is 7.11 Å². The fourth-order valence-electron chi connectivity index (χ4n) is 3.74. The summed E-state index contributed by atoms with van der Waals surface area (Å²) < 4.78 is 11.3. The normalized spacial score (nSPS) is 16.5. The molecule has 1 atom stereocenters. The van der Waals surface area contributed by atoms with Gasteiger partial charge in [0.05, 0.1) is 7.11 Å². The molecule has 1 saturated heterocycles. The molecule has 5 heteroatoms. The first-order valence-corrected chi connectivity index (χ1v) is 10.4. The first-order valence-electron chi connectivity index (χ1n) is 10.4. The SMILES string of the molecule is COc1cccc(N2CCN(CC(O)COc3ccccc3C(C)(C)C)CC2)c1. The van der Waals surface area contributed by atoms with Crippen LogP contribution in [0.5, 0.6) is 11.5 Å². The maximum absolute atomic E-state index is 10.5. The Morgan fingerprint density at radius 1 is 1.00 bits per heavy atom.